The molecule has 1 amide bonds. The molecule has 0 aromatic carbocycles. The Morgan fingerprint density at radius 1 is 1.57 bits per heavy atom. The van der Waals surface area contributed by atoms with Gasteiger partial charge in [-0.3, -0.25) is 4.79 Å². The summed E-state index contributed by atoms with van der Waals surface area (Å²) in [6.07, 6.45) is 6.15. The number of fused-ring (bicyclic) bond motifs is 1. The Morgan fingerprint density at radius 2 is 2.39 bits per heavy atom. The molecule has 23 heavy (non-hydrogen) atoms. The molecule has 2 aromatic rings. The molecule has 1 fully saturated rings. The van der Waals surface area contributed by atoms with E-state index in [2.05, 4.69) is 25.5 Å². The zero-order valence-electron chi connectivity index (χ0n) is 13.4. The number of piperidine rings is 1. The lowest BCUT2D eigenvalue weighted by Crippen LogP contribution is -2.44. The van der Waals surface area contributed by atoms with Gasteiger partial charge in [0, 0.05) is 31.7 Å². The molecule has 3 heterocycles. The molecular formula is C16H22ClN5O. The zero-order chi connectivity index (χ0) is 16.4. The van der Waals surface area contributed by atoms with Crippen LogP contribution in [0.15, 0.2) is 12.4 Å². The molecule has 1 saturated heterocycles. The van der Waals surface area contributed by atoms with Gasteiger partial charge in [0.25, 0.3) is 0 Å². The molecule has 3 rings (SSSR count). The van der Waals surface area contributed by atoms with Crippen LogP contribution in [0.2, 0.25) is 5.02 Å². The molecule has 6 nitrogen and oxygen atoms in total. The van der Waals surface area contributed by atoms with Gasteiger partial charge in [0.05, 0.1) is 28.0 Å². The third kappa shape index (κ3) is 3.14. The highest BCUT2D eigenvalue weighted by Crippen LogP contribution is 2.38. The number of H-pyrrole nitrogens is 1. The van der Waals surface area contributed by atoms with E-state index in [-0.39, 0.29) is 5.91 Å². The van der Waals surface area contributed by atoms with E-state index in [1.807, 2.05) is 14.0 Å². The lowest BCUT2D eigenvalue weighted by molar-refractivity contribution is -0.115. The second-order valence-corrected chi connectivity index (χ2v) is 6.26. The first-order valence-electron chi connectivity index (χ1n) is 8.01. The summed E-state index contributed by atoms with van der Waals surface area (Å²) in [5.41, 5.74) is 2.43. The SMILES string of the molecule is CCC(=O)Nc1c[nH]c2ncc(Cl)c(N3CCCC(NC)C3)c12. The van der Waals surface area contributed by atoms with Crippen LogP contribution in [-0.4, -0.2) is 42.1 Å². The molecule has 1 aliphatic heterocycles. The predicted molar refractivity (Wildman–Crippen MR) is 94.3 cm³/mol. The largest absolute Gasteiger partial charge is 0.368 e. The van der Waals surface area contributed by atoms with E-state index in [0.717, 1.165) is 48.3 Å². The zero-order valence-corrected chi connectivity index (χ0v) is 14.2. The molecule has 1 aliphatic rings. The van der Waals surface area contributed by atoms with Gasteiger partial charge in [-0.15, -0.1) is 0 Å². The summed E-state index contributed by atoms with van der Waals surface area (Å²) in [7, 11) is 1.99. The molecule has 0 bridgehead atoms. The minimum absolute atomic E-state index is 0.0245. The van der Waals surface area contributed by atoms with E-state index in [1.165, 1.54) is 0 Å². The van der Waals surface area contributed by atoms with Crippen molar-refractivity contribution in [3.8, 4) is 0 Å². The van der Waals surface area contributed by atoms with Crippen molar-refractivity contribution in [1.82, 2.24) is 15.3 Å². The highest BCUT2D eigenvalue weighted by atomic mass is 35.5. The molecule has 1 unspecified atom stereocenters. The van der Waals surface area contributed by atoms with E-state index in [4.69, 9.17) is 11.6 Å². The Balaban J connectivity index is 2.05. The van der Waals surface area contributed by atoms with Gasteiger partial charge in [0.2, 0.25) is 5.91 Å². The Labute approximate surface area is 140 Å². The van der Waals surface area contributed by atoms with Gasteiger partial charge >= 0.3 is 0 Å². The van der Waals surface area contributed by atoms with E-state index in [9.17, 15) is 4.79 Å². The van der Waals surface area contributed by atoms with Gasteiger partial charge in [-0.1, -0.05) is 18.5 Å². The van der Waals surface area contributed by atoms with Crippen LogP contribution < -0.4 is 15.5 Å². The first-order chi connectivity index (χ1) is 11.1. The predicted octanol–water partition coefficient (Wildman–Crippen LogP) is 2.75. The number of aromatic amines is 1. The highest BCUT2D eigenvalue weighted by molar-refractivity contribution is 6.35. The van der Waals surface area contributed by atoms with Crippen LogP contribution in [0.3, 0.4) is 0 Å². The van der Waals surface area contributed by atoms with Crippen LogP contribution in [0.4, 0.5) is 11.4 Å². The summed E-state index contributed by atoms with van der Waals surface area (Å²) in [4.78, 5) is 21.5. The van der Waals surface area contributed by atoms with E-state index in [1.54, 1.807) is 12.4 Å². The fourth-order valence-electron chi connectivity index (χ4n) is 3.12. The van der Waals surface area contributed by atoms with Gasteiger partial charge in [-0.2, -0.15) is 0 Å². The molecule has 0 spiro atoms. The molecule has 0 radical (unpaired) electrons. The topological polar surface area (TPSA) is 73.0 Å². The number of rotatable bonds is 4. The first kappa shape index (κ1) is 16.1. The number of halogens is 1. The fraction of sp³-hybridized carbons (Fsp3) is 0.500. The number of carbonyl (C=O) groups excluding carboxylic acids is 1. The number of likely N-dealkylation sites (N-methyl/N-ethyl adjacent to an activating group) is 1. The Kier molecular flexibility index (Phi) is 4.73. The Bertz CT molecular complexity index is 714. The highest BCUT2D eigenvalue weighted by Gasteiger charge is 2.24. The summed E-state index contributed by atoms with van der Waals surface area (Å²) in [5, 5.41) is 7.78. The van der Waals surface area contributed by atoms with Crippen molar-refractivity contribution in [3.05, 3.63) is 17.4 Å². The smallest absolute Gasteiger partial charge is 0.224 e. The van der Waals surface area contributed by atoms with E-state index < -0.39 is 0 Å². The van der Waals surface area contributed by atoms with Crippen molar-refractivity contribution in [2.24, 2.45) is 0 Å². The fourth-order valence-corrected chi connectivity index (χ4v) is 3.38. The number of carbonyl (C=O) groups is 1. The van der Waals surface area contributed by atoms with Crippen molar-refractivity contribution in [2.75, 3.05) is 30.4 Å². The van der Waals surface area contributed by atoms with Crippen LogP contribution in [-0.2, 0) is 4.79 Å². The maximum atomic E-state index is 11.8. The third-order valence-electron chi connectivity index (χ3n) is 4.37. The number of hydrogen-bond acceptors (Lipinski definition) is 4. The third-order valence-corrected chi connectivity index (χ3v) is 4.65. The van der Waals surface area contributed by atoms with Gasteiger partial charge in [0.15, 0.2) is 0 Å². The summed E-state index contributed by atoms with van der Waals surface area (Å²) in [6.45, 7) is 3.67. The molecule has 3 N–H and O–H groups in total. The Morgan fingerprint density at radius 3 is 3.13 bits per heavy atom. The Hall–Kier alpha value is -1.79. The lowest BCUT2D eigenvalue weighted by Gasteiger charge is -2.35. The van der Waals surface area contributed by atoms with Gasteiger partial charge in [-0.25, -0.2) is 4.98 Å². The second-order valence-electron chi connectivity index (χ2n) is 5.86. The average Bonchev–Trinajstić information content (AvgIpc) is 2.97. The van der Waals surface area contributed by atoms with Gasteiger partial charge in [0.1, 0.15) is 5.65 Å². The molecule has 2 aromatic heterocycles. The number of hydrogen-bond donors (Lipinski definition) is 3. The summed E-state index contributed by atoms with van der Waals surface area (Å²) in [5.74, 6) is -0.0245. The number of pyridine rings is 1. The van der Waals surface area contributed by atoms with Crippen molar-refractivity contribution in [2.45, 2.75) is 32.2 Å². The number of aromatic nitrogens is 2. The minimum atomic E-state index is -0.0245. The van der Waals surface area contributed by atoms with E-state index >= 15 is 0 Å². The second kappa shape index (κ2) is 6.76. The van der Waals surface area contributed by atoms with Crippen LogP contribution in [0.1, 0.15) is 26.2 Å². The van der Waals surface area contributed by atoms with Gasteiger partial charge < -0.3 is 20.5 Å². The molecular weight excluding hydrogens is 314 g/mol. The summed E-state index contributed by atoms with van der Waals surface area (Å²) >= 11 is 6.48. The average molecular weight is 336 g/mol. The van der Waals surface area contributed by atoms with Crippen LogP contribution >= 0.6 is 11.6 Å². The molecule has 0 aliphatic carbocycles. The summed E-state index contributed by atoms with van der Waals surface area (Å²) < 4.78 is 0. The van der Waals surface area contributed by atoms with Crippen molar-refractivity contribution in [1.29, 1.82) is 0 Å². The minimum Gasteiger partial charge on any atom is -0.368 e. The first-order valence-corrected chi connectivity index (χ1v) is 8.39. The van der Waals surface area contributed by atoms with Gasteiger partial charge in [-0.05, 0) is 19.9 Å². The van der Waals surface area contributed by atoms with Crippen molar-refractivity contribution >= 4 is 39.9 Å². The number of nitrogens with zero attached hydrogens (tertiary/aromatic N) is 2. The normalized spacial score (nSPS) is 18.4. The van der Waals surface area contributed by atoms with Crippen LogP contribution in [0.25, 0.3) is 11.0 Å². The number of anilines is 2. The van der Waals surface area contributed by atoms with Crippen molar-refractivity contribution < 1.29 is 4.79 Å². The molecule has 1 atom stereocenters. The standard InChI is InChI=1S/C16H22ClN5O/c1-3-13(23)21-12-8-20-16-14(12)15(11(17)7-19-16)22-6-4-5-10(9-22)18-2/h7-8,10,18H,3-6,9H2,1-2H3,(H,19,20)(H,21,23). The quantitative estimate of drug-likeness (QED) is 0.803. The number of amides is 1. The van der Waals surface area contributed by atoms with Crippen LogP contribution in [0.5, 0.6) is 0 Å². The number of nitrogens with one attached hydrogen (secondary N) is 3. The molecule has 7 heteroatoms. The van der Waals surface area contributed by atoms with Crippen LogP contribution in [0, 0.1) is 0 Å². The summed E-state index contributed by atoms with van der Waals surface area (Å²) in [6, 6.07) is 0.440. The van der Waals surface area contributed by atoms with E-state index in [0.29, 0.717) is 17.5 Å². The monoisotopic (exact) mass is 335 g/mol. The lowest BCUT2D eigenvalue weighted by atomic mass is 10.0. The maximum absolute atomic E-state index is 11.8. The van der Waals surface area contributed by atoms with Crippen molar-refractivity contribution in [3.63, 3.8) is 0 Å². The maximum Gasteiger partial charge on any atom is 0.224 e. The molecule has 0 saturated carbocycles. The molecule has 124 valence electrons.